The van der Waals surface area contributed by atoms with Crippen LogP contribution in [0.1, 0.15) is 51.9 Å². The highest BCUT2D eigenvalue weighted by Gasteiger charge is 2.30. The number of nitrogens with one attached hydrogen (secondary N) is 1. The van der Waals surface area contributed by atoms with Crippen molar-refractivity contribution in [2.45, 2.75) is 63.5 Å². The van der Waals surface area contributed by atoms with E-state index in [0.29, 0.717) is 24.9 Å². The number of carbonyl (C=O) groups excluding carboxylic acids is 1. The Labute approximate surface area is 110 Å². The third kappa shape index (κ3) is 3.95. The van der Waals surface area contributed by atoms with E-state index < -0.39 is 0 Å². The largest absolute Gasteiger partial charge is 0.373 e. The van der Waals surface area contributed by atoms with Crippen LogP contribution in [-0.2, 0) is 9.53 Å². The smallest absolute Gasteiger partial charge is 0.220 e. The molecule has 1 saturated carbocycles. The van der Waals surface area contributed by atoms with Crippen LogP contribution in [0.4, 0.5) is 0 Å². The highest BCUT2D eigenvalue weighted by atomic mass is 16.5. The van der Waals surface area contributed by atoms with Gasteiger partial charge >= 0.3 is 0 Å². The Morgan fingerprint density at radius 1 is 1.39 bits per heavy atom. The minimum Gasteiger partial charge on any atom is -0.373 e. The van der Waals surface area contributed by atoms with Crippen molar-refractivity contribution in [3.63, 3.8) is 0 Å². The maximum atomic E-state index is 11.9. The molecule has 0 aromatic rings. The quantitative estimate of drug-likeness (QED) is 0.800. The number of nitrogens with two attached hydrogens (primary N) is 1. The Balaban J connectivity index is 1.66. The lowest BCUT2D eigenvalue weighted by Gasteiger charge is -2.27. The van der Waals surface area contributed by atoms with Gasteiger partial charge in [-0.2, -0.15) is 0 Å². The molecule has 4 heteroatoms. The maximum Gasteiger partial charge on any atom is 0.220 e. The van der Waals surface area contributed by atoms with Crippen LogP contribution in [-0.4, -0.2) is 30.7 Å². The topological polar surface area (TPSA) is 64.4 Å². The lowest BCUT2D eigenvalue weighted by atomic mass is 9.84. The van der Waals surface area contributed by atoms with E-state index >= 15 is 0 Å². The second-order valence-electron chi connectivity index (χ2n) is 6.16. The van der Waals surface area contributed by atoms with Crippen molar-refractivity contribution in [2.75, 3.05) is 13.2 Å². The van der Waals surface area contributed by atoms with E-state index in [0.717, 1.165) is 45.1 Å². The van der Waals surface area contributed by atoms with E-state index in [4.69, 9.17) is 10.5 Å². The predicted octanol–water partition coefficient (Wildman–Crippen LogP) is 1.58. The van der Waals surface area contributed by atoms with Gasteiger partial charge in [-0.05, 0) is 51.4 Å². The summed E-state index contributed by atoms with van der Waals surface area (Å²) in [6.07, 6.45) is 7.14. The van der Waals surface area contributed by atoms with Gasteiger partial charge in [0.05, 0.1) is 5.60 Å². The molecule has 104 valence electrons. The average molecular weight is 254 g/mol. The molecule has 2 aliphatic rings. The van der Waals surface area contributed by atoms with Crippen LogP contribution >= 0.6 is 0 Å². The van der Waals surface area contributed by atoms with E-state index in [9.17, 15) is 4.79 Å². The summed E-state index contributed by atoms with van der Waals surface area (Å²) in [6.45, 7) is 3.56. The third-order valence-corrected chi connectivity index (χ3v) is 4.33. The van der Waals surface area contributed by atoms with E-state index in [1.807, 2.05) is 0 Å². The molecule has 1 aliphatic carbocycles. The Morgan fingerprint density at radius 3 is 2.72 bits per heavy atom. The molecule has 3 N–H and O–H groups in total. The molecule has 1 unspecified atom stereocenters. The first-order valence-electron chi connectivity index (χ1n) is 7.24. The van der Waals surface area contributed by atoms with Crippen LogP contribution in [0.25, 0.3) is 0 Å². The molecule has 1 heterocycles. The van der Waals surface area contributed by atoms with Crippen molar-refractivity contribution < 1.29 is 9.53 Å². The number of rotatable bonds is 4. The standard InChI is InChI=1S/C14H26N2O2/c1-14(7-2-8-18-14)10-16-13(17)9-11-3-5-12(15)6-4-11/h11-12H,2-10,15H2,1H3,(H,16,17). The number of ether oxygens (including phenoxy) is 1. The van der Waals surface area contributed by atoms with Gasteiger partial charge in [0.1, 0.15) is 0 Å². The summed E-state index contributed by atoms with van der Waals surface area (Å²) >= 11 is 0. The van der Waals surface area contributed by atoms with Crippen molar-refractivity contribution in [1.29, 1.82) is 0 Å². The van der Waals surface area contributed by atoms with Gasteiger partial charge < -0.3 is 15.8 Å². The number of hydrogen-bond acceptors (Lipinski definition) is 3. The fourth-order valence-electron chi connectivity index (χ4n) is 2.99. The minimum absolute atomic E-state index is 0.134. The second-order valence-corrected chi connectivity index (χ2v) is 6.16. The zero-order valence-electron chi connectivity index (χ0n) is 11.4. The van der Waals surface area contributed by atoms with Gasteiger partial charge in [0.15, 0.2) is 0 Å². The van der Waals surface area contributed by atoms with Crippen LogP contribution in [0.5, 0.6) is 0 Å². The molecule has 0 spiro atoms. The van der Waals surface area contributed by atoms with Gasteiger partial charge in [-0.25, -0.2) is 0 Å². The molecule has 0 aromatic carbocycles. The molecule has 4 nitrogen and oxygen atoms in total. The van der Waals surface area contributed by atoms with Gasteiger partial charge in [0, 0.05) is 25.6 Å². The number of hydrogen-bond donors (Lipinski definition) is 2. The molecule has 2 fully saturated rings. The Hall–Kier alpha value is -0.610. The summed E-state index contributed by atoms with van der Waals surface area (Å²) in [5, 5.41) is 3.03. The predicted molar refractivity (Wildman–Crippen MR) is 71.2 cm³/mol. The fourth-order valence-corrected chi connectivity index (χ4v) is 2.99. The summed E-state index contributed by atoms with van der Waals surface area (Å²) in [7, 11) is 0. The van der Waals surface area contributed by atoms with Crippen molar-refractivity contribution in [3.05, 3.63) is 0 Å². The van der Waals surface area contributed by atoms with Gasteiger partial charge in [-0.15, -0.1) is 0 Å². The van der Waals surface area contributed by atoms with Crippen LogP contribution in [0.2, 0.25) is 0 Å². The molecule has 1 amide bonds. The van der Waals surface area contributed by atoms with E-state index in [1.54, 1.807) is 0 Å². The summed E-state index contributed by atoms with van der Waals surface area (Å²) in [5.41, 5.74) is 5.74. The van der Waals surface area contributed by atoms with Gasteiger partial charge in [-0.1, -0.05) is 0 Å². The Bertz CT molecular complexity index is 280. The van der Waals surface area contributed by atoms with Crippen LogP contribution in [0, 0.1) is 5.92 Å². The van der Waals surface area contributed by atoms with Crippen LogP contribution in [0.15, 0.2) is 0 Å². The third-order valence-electron chi connectivity index (χ3n) is 4.33. The maximum absolute atomic E-state index is 11.9. The molecule has 0 aromatic heterocycles. The van der Waals surface area contributed by atoms with Crippen molar-refractivity contribution in [2.24, 2.45) is 11.7 Å². The SMILES string of the molecule is CC1(CNC(=O)CC2CCC(N)CC2)CCCO1. The van der Waals surface area contributed by atoms with E-state index in [-0.39, 0.29) is 11.5 Å². The lowest BCUT2D eigenvalue weighted by Crippen LogP contribution is -2.41. The lowest BCUT2D eigenvalue weighted by molar-refractivity contribution is -0.123. The monoisotopic (exact) mass is 254 g/mol. The first-order valence-corrected chi connectivity index (χ1v) is 7.24. The number of amides is 1. The summed E-state index contributed by atoms with van der Waals surface area (Å²) in [6, 6.07) is 0.357. The zero-order valence-corrected chi connectivity index (χ0v) is 11.4. The molecule has 1 saturated heterocycles. The van der Waals surface area contributed by atoms with E-state index in [2.05, 4.69) is 12.2 Å². The molecule has 0 bridgehead atoms. The van der Waals surface area contributed by atoms with E-state index in [1.165, 1.54) is 0 Å². The highest BCUT2D eigenvalue weighted by Crippen LogP contribution is 2.26. The minimum atomic E-state index is -0.134. The average Bonchev–Trinajstić information content (AvgIpc) is 2.78. The summed E-state index contributed by atoms with van der Waals surface area (Å²) in [4.78, 5) is 11.9. The molecule has 1 atom stereocenters. The normalized spacial score (nSPS) is 36.6. The number of carbonyl (C=O) groups is 1. The second kappa shape index (κ2) is 6.02. The highest BCUT2D eigenvalue weighted by molar-refractivity contribution is 5.76. The molecule has 2 rings (SSSR count). The van der Waals surface area contributed by atoms with Gasteiger partial charge in [0.25, 0.3) is 0 Å². The van der Waals surface area contributed by atoms with Crippen molar-refractivity contribution >= 4 is 5.91 Å². The summed E-state index contributed by atoms with van der Waals surface area (Å²) in [5.74, 6) is 0.703. The molecule has 18 heavy (non-hydrogen) atoms. The molecular formula is C14H26N2O2. The molecular weight excluding hydrogens is 228 g/mol. The van der Waals surface area contributed by atoms with Crippen LogP contribution in [0.3, 0.4) is 0 Å². The van der Waals surface area contributed by atoms with Crippen LogP contribution < -0.4 is 11.1 Å². The molecule has 1 aliphatic heterocycles. The zero-order chi connectivity index (χ0) is 13.0. The Morgan fingerprint density at radius 2 is 2.11 bits per heavy atom. The Kier molecular flexibility index (Phi) is 4.62. The summed E-state index contributed by atoms with van der Waals surface area (Å²) < 4.78 is 5.66. The first kappa shape index (κ1) is 13.8. The van der Waals surface area contributed by atoms with Crippen molar-refractivity contribution in [1.82, 2.24) is 5.32 Å². The van der Waals surface area contributed by atoms with Crippen molar-refractivity contribution in [3.8, 4) is 0 Å². The van der Waals surface area contributed by atoms with Gasteiger partial charge in [0.2, 0.25) is 5.91 Å². The molecule has 0 radical (unpaired) electrons. The fraction of sp³-hybridized carbons (Fsp3) is 0.929. The van der Waals surface area contributed by atoms with Gasteiger partial charge in [-0.3, -0.25) is 4.79 Å². The first-order chi connectivity index (χ1) is 8.57.